The molecular weight excluding hydrogens is 172 g/mol. The summed E-state index contributed by atoms with van der Waals surface area (Å²) in [5.74, 6) is 0. The first-order chi connectivity index (χ1) is 6.84. The van der Waals surface area contributed by atoms with E-state index in [1.807, 2.05) is 0 Å². The van der Waals surface area contributed by atoms with Gasteiger partial charge in [0.15, 0.2) is 0 Å². The summed E-state index contributed by atoms with van der Waals surface area (Å²) in [5, 5.41) is 9.95. The molecule has 0 amide bonds. The second kappa shape index (κ2) is 7.05. The molecule has 0 aliphatic heterocycles. The lowest BCUT2D eigenvalue weighted by Crippen LogP contribution is -2.11. The zero-order valence-corrected chi connectivity index (χ0v) is 9.47. The van der Waals surface area contributed by atoms with E-state index in [2.05, 4.69) is 13.0 Å². The molecule has 0 saturated heterocycles. The lowest BCUT2D eigenvalue weighted by Gasteiger charge is -2.17. The smallest absolute Gasteiger partial charge is 0.0750 e. The summed E-state index contributed by atoms with van der Waals surface area (Å²) < 4.78 is 0. The third kappa shape index (κ3) is 4.28. The molecule has 0 radical (unpaired) electrons. The van der Waals surface area contributed by atoms with E-state index in [1.165, 1.54) is 44.1 Å². The molecule has 0 saturated carbocycles. The highest BCUT2D eigenvalue weighted by atomic mass is 16.3. The minimum Gasteiger partial charge on any atom is -0.389 e. The predicted molar refractivity (Wildman–Crippen MR) is 61.3 cm³/mol. The van der Waals surface area contributed by atoms with Gasteiger partial charge in [-0.15, -0.1) is 0 Å². The summed E-state index contributed by atoms with van der Waals surface area (Å²) in [5.41, 5.74) is 1.32. The lowest BCUT2D eigenvalue weighted by atomic mass is 9.94. The Hall–Kier alpha value is -0.300. The van der Waals surface area contributed by atoms with Crippen molar-refractivity contribution in [3.63, 3.8) is 0 Å². The van der Waals surface area contributed by atoms with Crippen LogP contribution in [0.5, 0.6) is 0 Å². The summed E-state index contributed by atoms with van der Waals surface area (Å²) in [6, 6.07) is 0. The summed E-state index contributed by atoms with van der Waals surface area (Å²) in [4.78, 5) is 0. The third-order valence-electron chi connectivity index (χ3n) is 3.09. The second-order valence-corrected chi connectivity index (χ2v) is 4.39. The van der Waals surface area contributed by atoms with Crippen molar-refractivity contribution in [2.75, 3.05) is 0 Å². The van der Waals surface area contributed by atoms with Crippen molar-refractivity contribution in [3.8, 4) is 0 Å². The van der Waals surface area contributed by atoms with Gasteiger partial charge in [0.2, 0.25) is 0 Å². The molecule has 0 aromatic rings. The molecule has 1 rings (SSSR count). The normalized spacial score (nSPS) is 20.9. The van der Waals surface area contributed by atoms with E-state index in [-0.39, 0.29) is 6.10 Å². The number of hydrogen-bond donors (Lipinski definition) is 1. The molecule has 1 aliphatic carbocycles. The molecular formula is C13H24O. The Labute approximate surface area is 88.2 Å². The van der Waals surface area contributed by atoms with Crippen molar-refractivity contribution >= 4 is 0 Å². The maximum absolute atomic E-state index is 9.95. The highest BCUT2D eigenvalue weighted by Crippen LogP contribution is 2.21. The van der Waals surface area contributed by atoms with E-state index in [0.29, 0.717) is 0 Å². The zero-order chi connectivity index (χ0) is 10.2. The predicted octanol–water partition coefficient (Wildman–Crippen LogP) is 3.82. The minimum absolute atomic E-state index is 0.145. The van der Waals surface area contributed by atoms with Gasteiger partial charge in [0.1, 0.15) is 0 Å². The first kappa shape index (κ1) is 11.8. The van der Waals surface area contributed by atoms with Crippen LogP contribution in [0.4, 0.5) is 0 Å². The van der Waals surface area contributed by atoms with Gasteiger partial charge in [-0.25, -0.2) is 0 Å². The van der Waals surface area contributed by atoms with Gasteiger partial charge in [0.05, 0.1) is 6.10 Å². The van der Waals surface area contributed by atoms with Crippen LogP contribution in [-0.4, -0.2) is 11.2 Å². The van der Waals surface area contributed by atoms with Gasteiger partial charge < -0.3 is 5.11 Å². The topological polar surface area (TPSA) is 20.2 Å². The Bertz CT molecular complexity index is 172. The van der Waals surface area contributed by atoms with E-state index in [9.17, 15) is 5.11 Å². The molecule has 1 aliphatic rings. The van der Waals surface area contributed by atoms with Crippen molar-refractivity contribution in [2.45, 2.75) is 70.8 Å². The van der Waals surface area contributed by atoms with Crippen molar-refractivity contribution in [1.82, 2.24) is 0 Å². The monoisotopic (exact) mass is 196 g/mol. The number of unbranched alkanes of at least 4 members (excludes halogenated alkanes) is 1. The number of aliphatic hydroxyl groups excluding tert-OH is 1. The summed E-state index contributed by atoms with van der Waals surface area (Å²) in [7, 11) is 0. The van der Waals surface area contributed by atoms with E-state index in [0.717, 1.165) is 19.3 Å². The quantitative estimate of drug-likeness (QED) is 0.678. The lowest BCUT2D eigenvalue weighted by molar-refractivity contribution is 0.191. The molecule has 1 N–H and O–H groups in total. The SMILES string of the molecule is CCCCC(O)C1=CCCCCCC1. The fourth-order valence-corrected chi connectivity index (χ4v) is 2.10. The Morgan fingerprint density at radius 2 is 2.07 bits per heavy atom. The Kier molecular flexibility index (Phi) is 5.93. The molecule has 0 spiro atoms. The van der Waals surface area contributed by atoms with Gasteiger partial charge in [-0.2, -0.15) is 0 Å². The standard InChI is InChI=1S/C13H24O/c1-2-3-11-13(14)12-9-7-5-4-6-8-10-12/h9,13-14H,2-8,10-11H2,1H3. The fraction of sp³-hybridized carbons (Fsp3) is 0.846. The molecule has 1 atom stereocenters. The minimum atomic E-state index is -0.145. The van der Waals surface area contributed by atoms with Crippen molar-refractivity contribution < 1.29 is 5.11 Å². The Morgan fingerprint density at radius 3 is 2.86 bits per heavy atom. The molecule has 0 bridgehead atoms. The van der Waals surface area contributed by atoms with Gasteiger partial charge in [-0.05, 0) is 37.7 Å². The van der Waals surface area contributed by atoms with Crippen LogP contribution in [0.1, 0.15) is 64.7 Å². The van der Waals surface area contributed by atoms with Crippen molar-refractivity contribution in [1.29, 1.82) is 0 Å². The van der Waals surface area contributed by atoms with Crippen molar-refractivity contribution in [2.24, 2.45) is 0 Å². The molecule has 14 heavy (non-hydrogen) atoms. The van der Waals surface area contributed by atoms with E-state index in [1.54, 1.807) is 0 Å². The number of allylic oxidation sites excluding steroid dienone is 1. The van der Waals surface area contributed by atoms with Crippen LogP contribution < -0.4 is 0 Å². The average molecular weight is 196 g/mol. The first-order valence-electron chi connectivity index (χ1n) is 6.21. The van der Waals surface area contributed by atoms with Gasteiger partial charge >= 0.3 is 0 Å². The Balaban J connectivity index is 2.37. The molecule has 0 fully saturated rings. The van der Waals surface area contributed by atoms with Crippen LogP contribution in [0.25, 0.3) is 0 Å². The van der Waals surface area contributed by atoms with Crippen LogP contribution in [0.15, 0.2) is 11.6 Å². The molecule has 82 valence electrons. The summed E-state index contributed by atoms with van der Waals surface area (Å²) >= 11 is 0. The molecule has 1 unspecified atom stereocenters. The summed E-state index contributed by atoms with van der Waals surface area (Å²) in [6.07, 6.45) is 13.0. The fourth-order valence-electron chi connectivity index (χ4n) is 2.10. The number of rotatable bonds is 4. The largest absolute Gasteiger partial charge is 0.389 e. The van der Waals surface area contributed by atoms with Crippen LogP contribution in [-0.2, 0) is 0 Å². The first-order valence-corrected chi connectivity index (χ1v) is 6.21. The van der Waals surface area contributed by atoms with E-state index >= 15 is 0 Å². The molecule has 0 aromatic carbocycles. The number of hydrogen-bond acceptors (Lipinski definition) is 1. The van der Waals surface area contributed by atoms with E-state index in [4.69, 9.17) is 0 Å². The second-order valence-electron chi connectivity index (χ2n) is 4.39. The average Bonchev–Trinajstić information content (AvgIpc) is 2.13. The van der Waals surface area contributed by atoms with Crippen LogP contribution in [0.3, 0.4) is 0 Å². The van der Waals surface area contributed by atoms with Crippen molar-refractivity contribution in [3.05, 3.63) is 11.6 Å². The Morgan fingerprint density at radius 1 is 1.29 bits per heavy atom. The maximum atomic E-state index is 9.95. The van der Waals surface area contributed by atoms with Crippen LogP contribution in [0, 0.1) is 0 Å². The van der Waals surface area contributed by atoms with Crippen LogP contribution in [0.2, 0.25) is 0 Å². The maximum Gasteiger partial charge on any atom is 0.0750 e. The molecule has 0 heterocycles. The summed E-state index contributed by atoms with van der Waals surface area (Å²) in [6.45, 7) is 2.18. The highest BCUT2D eigenvalue weighted by molar-refractivity contribution is 5.08. The van der Waals surface area contributed by atoms with Gasteiger partial charge in [-0.3, -0.25) is 0 Å². The molecule has 1 heteroatoms. The van der Waals surface area contributed by atoms with Gasteiger partial charge in [0.25, 0.3) is 0 Å². The zero-order valence-electron chi connectivity index (χ0n) is 9.47. The van der Waals surface area contributed by atoms with Gasteiger partial charge in [-0.1, -0.05) is 38.7 Å². The van der Waals surface area contributed by atoms with E-state index < -0.39 is 0 Å². The van der Waals surface area contributed by atoms with Gasteiger partial charge in [0, 0.05) is 0 Å². The molecule has 0 aromatic heterocycles. The number of aliphatic hydroxyl groups is 1. The van der Waals surface area contributed by atoms with Crippen LogP contribution >= 0.6 is 0 Å². The molecule has 1 nitrogen and oxygen atoms in total. The highest BCUT2D eigenvalue weighted by Gasteiger charge is 2.10. The third-order valence-corrected chi connectivity index (χ3v) is 3.09.